The van der Waals surface area contributed by atoms with Gasteiger partial charge in [0.1, 0.15) is 11.6 Å². The summed E-state index contributed by atoms with van der Waals surface area (Å²) < 4.78 is 28.0. The standard InChI is InChI=1S/C20H21F2N5/c1-24-20(25-14-16-7-6-15(13-23)12-18(16)22)27-10-8-26(9-11-27)19-5-3-2-4-17(19)21/h2-7,12H,8-11,14H2,1H3,(H,24,25). The quantitative estimate of drug-likeness (QED) is 0.668. The van der Waals surface area contributed by atoms with Gasteiger partial charge in [0.25, 0.3) is 0 Å². The second kappa shape index (κ2) is 8.49. The number of para-hydroxylation sites is 1. The Hall–Kier alpha value is -3.14. The highest BCUT2D eigenvalue weighted by molar-refractivity contribution is 5.80. The van der Waals surface area contributed by atoms with Crippen molar-refractivity contribution in [2.45, 2.75) is 6.54 Å². The number of halogens is 2. The average Bonchev–Trinajstić information content (AvgIpc) is 2.70. The molecule has 1 saturated heterocycles. The Morgan fingerprint density at radius 3 is 2.48 bits per heavy atom. The number of hydrogen-bond donors (Lipinski definition) is 1. The van der Waals surface area contributed by atoms with Gasteiger partial charge in [-0.15, -0.1) is 0 Å². The average molecular weight is 369 g/mol. The van der Waals surface area contributed by atoms with E-state index in [0.29, 0.717) is 49.0 Å². The molecule has 2 aromatic rings. The minimum Gasteiger partial charge on any atom is -0.366 e. The van der Waals surface area contributed by atoms with Gasteiger partial charge in [0.05, 0.1) is 17.3 Å². The van der Waals surface area contributed by atoms with E-state index in [9.17, 15) is 8.78 Å². The van der Waals surface area contributed by atoms with Gasteiger partial charge >= 0.3 is 0 Å². The first-order chi connectivity index (χ1) is 13.1. The molecule has 1 aliphatic rings. The third-order valence-corrected chi connectivity index (χ3v) is 4.60. The highest BCUT2D eigenvalue weighted by Crippen LogP contribution is 2.20. The zero-order valence-electron chi connectivity index (χ0n) is 15.1. The number of rotatable bonds is 3. The van der Waals surface area contributed by atoms with Crippen LogP contribution in [0.1, 0.15) is 11.1 Å². The smallest absolute Gasteiger partial charge is 0.194 e. The molecule has 3 rings (SSSR count). The zero-order chi connectivity index (χ0) is 19.2. The molecule has 2 aromatic carbocycles. The van der Waals surface area contributed by atoms with Gasteiger partial charge in [-0.1, -0.05) is 18.2 Å². The number of benzene rings is 2. The molecular formula is C20H21F2N5. The van der Waals surface area contributed by atoms with Gasteiger partial charge in [0.15, 0.2) is 5.96 Å². The Morgan fingerprint density at radius 2 is 1.85 bits per heavy atom. The Labute approximate surface area is 157 Å². The fourth-order valence-electron chi connectivity index (χ4n) is 3.13. The molecule has 1 heterocycles. The molecule has 0 atom stereocenters. The van der Waals surface area contributed by atoms with E-state index in [4.69, 9.17) is 5.26 Å². The number of nitrogens with one attached hydrogen (secondary N) is 1. The molecular weight excluding hydrogens is 348 g/mol. The number of hydrogen-bond acceptors (Lipinski definition) is 3. The summed E-state index contributed by atoms with van der Waals surface area (Å²) in [5.74, 6) is 0.0399. The first kappa shape index (κ1) is 18.6. The number of piperazine rings is 1. The molecule has 0 radical (unpaired) electrons. The zero-order valence-corrected chi connectivity index (χ0v) is 15.1. The van der Waals surface area contributed by atoms with Crippen molar-refractivity contribution in [2.75, 3.05) is 38.1 Å². The van der Waals surface area contributed by atoms with Crippen molar-refractivity contribution < 1.29 is 8.78 Å². The van der Waals surface area contributed by atoms with Crippen molar-refractivity contribution in [3.05, 3.63) is 65.2 Å². The van der Waals surface area contributed by atoms with Crippen LogP contribution in [0, 0.1) is 23.0 Å². The second-order valence-corrected chi connectivity index (χ2v) is 6.24. The Balaban J connectivity index is 1.58. The van der Waals surface area contributed by atoms with E-state index >= 15 is 0 Å². The fourth-order valence-corrected chi connectivity index (χ4v) is 3.13. The molecule has 0 amide bonds. The molecule has 1 aliphatic heterocycles. The molecule has 1 N–H and O–H groups in total. The SMILES string of the molecule is CN=C(NCc1ccc(C#N)cc1F)N1CCN(c2ccccc2F)CC1. The first-order valence-corrected chi connectivity index (χ1v) is 8.76. The Morgan fingerprint density at radius 1 is 1.11 bits per heavy atom. The van der Waals surface area contributed by atoms with Crippen LogP contribution in [0.3, 0.4) is 0 Å². The van der Waals surface area contributed by atoms with Gasteiger partial charge in [-0.25, -0.2) is 8.78 Å². The molecule has 0 spiro atoms. The summed E-state index contributed by atoms with van der Waals surface area (Å²) in [6.45, 7) is 2.99. The summed E-state index contributed by atoms with van der Waals surface area (Å²) in [4.78, 5) is 8.35. The van der Waals surface area contributed by atoms with Crippen LogP contribution in [0.4, 0.5) is 14.5 Å². The van der Waals surface area contributed by atoms with Crippen LogP contribution in [0.25, 0.3) is 0 Å². The largest absolute Gasteiger partial charge is 0.366 e. The first-order valence-electron chi connectivity index (χ1n) is 8.76. The lowest BCUT2D eigenvalue weighted by Gasteiger charge is -2.37. The number of guanidine groups is 1. The van der Waals surface area contributed by atoms with E-state index in [0.717, 1.165) is 0 Å². The lowest BCUT2D eigenvalue weighted by atomic mass is 10.1. The third kappa shape index (κ3) is 4.34. The van der Waals surface area contributed by atoms with Gasteiger partial charge in [-0.2, -0.15) is 5.26 Å². The van der Waals surface area contributed by atoms with E-state index in [-0.39, 0.29) is 12.4 Å². The molecule has 0 aliphatic carbocycles. The number of nitriles is 1. The van der Waals surface area contributed by atoms with Crippen molar-refractivity contribution in [1.82, 2.24) is 10.2 Å². The van der Waals surface area contributed by atoms with Crippen LogP contribution >= 0.6 is 0 Å². The molecule has 140 valence electrons. The van der Waals surface area contributed by atoms with E-state index in [1.54, 1.807) is 31.3 Å². The summed E-state index contributed by atoms with van der Waals surface area (Å²) in [5, 5.41) is 12.0. The molecule has 0 bridgehead atoms. The maximum Gasteiger partial charge on any atom is 0.194 e. The van der Waals surface area contributed by atoms with E-state index < -0.39 is 5.82 Å². The summed E-state index contributed by atoms with van der Waals surface area (Å²) in [6.07, 6.45) is 0. The number of anilines is 1. The predicted octanol–water partition coefficient (Wildman–Crippen LogP) is 2.73. The highest BCUT2D eigenvalue weighted by atomic mass is 19.1. The molecule has 0 saturated carbocycles. The van der Waals surface area contributed by atoms with E-state index in [1.165, 1.54) is 12.1 Å². The molecule has 27 heavy (non-hydrogen) atoms. The summed E-state index contributed by atoms with van der Waals surface area (Å²) >= 11 is 0. The van der Waals surface area contributed by atoms with Crippen molar-refractivity contribution in [2.24, 2.45) is 4.99 Å². The minimum atomic E-state index is -0.415. The number of aliphatic imine (C=N–C) groups is 1. The lowest BCUT2D eigenvalue weighted by Crippen LogP contribution is -2.52. The van der Waals surface area contributed by atoms with Crippen molar-refractivity contribution in [3.63, 3.8) is 0 Å². The fraction of sp³-hybridized carbons (Fsp3) is 0.300. The molecule has 1 fully saturated rings. The lowest BCUT2D eigenvalue weighted by molar-refractivity contribution is 0.370. The van der Waals surface area contributed by atoms with Crippen molar-refractivity contribution >= 4 is 11.6 Å². The summed E-state index contributed by atoms with van der Waals surface area (Å²) in [7, 11) is 1.68. The number of nitrogens with zero attached hydrogens (tertiary/aromatic N) is 4. The maximum absolute atomic E-state index is 14.0. The molecule has 0 aromatic heterocycles. The van der Waals surface area contributed by atoms with Crippen LogP contribution < -0.4 is 10.2 Å². The molecule has 5 nitrogen and oxygen atoms in total. The minimum absolute atomic E-state index is 0.218. The summed E-state index contributed by atoms with van der Waals surface area (Å²) in [5.41, 5.74) is 1.38. The van der Waals surface area contributed by atoms with Gasteiger partial charge in [-0.3, -0.25) is 4.99 Å². The van der Waals surface area contributed by atoms with Gasteiger partial charge in [0, 0.05) is 45.3 Å². The van der Waals surface area contributed by atoms with E-state index in [2.05, 4.69) is 15.2 Å². The molecule has 0 unspecified atom stereocenters. The molecule has 7 heteroatoms. The van der Waals surface area contributed by atoms with Crippen LogP contribution in [-0.2, 0) is 6.54 Å². The van der Waals surface area contributed by atoms with Crippen molar-refractivity contribution in [3.8, 4) is 6.07 Å². The third-order valence-electron chi connectivity index (χ3n) is 4.60. The monoisotopic (exact) mass is 369 g/mol. The van der Waals surface area contributed by atoms with Crippen LogP contribution in [0.2, 0.25) is 0 Å². The normalized spacial score (nSPS) is 14.8. The van der Waals surface area contributed by atoms with E-state index in [1.807, 2.05) is 17.0 Å². The summed E-state index contributed by atoms with van der Waals surface area (Å²) in [6, 6.07) is 13.1. The van der Waals surface area contributed by atoms with Crippen LogP contribution in [0.15, 0.2) is 47.5 Å². The van der Waals surface area contributed by atoms with Gasteiger partial charge in [-0.05, 0) is 24.3 Å². The van der Waals surface area contributed by atoms with Crippen LogP contribution in [-0.4, -0.2) is 44.1 Å². The maximum atomic E-state index is 14.0. The highest BCUT2D eigenvalue weighted by Gasteiger charge is 2.21. The second-order valence-electron chi connectivity index (χ2n) is 6.24. The van der Waals surface area contributed by atoms with Gasteiger partial charge in [0.2, 0.25) is 0 Å². The van der Waals surface area contributed by atoms with Gasteiger partial charge < -0.3 is 15.1 Å². The van der Waals surface area contributed by atoms with Crippen LogP contribution in [0.5, 0.6) is 0 Å². The topological polar surface area (TPSA) is 54.7 Å². The Kier molecular flexibility index (Phi) is 5.87. The Bertz CT molecular complexity index is 867. The predicted molar refractivity (Wildman–Crippen MR) is 101 cm³/mol. The van der Waals surface area contributed by atoms with Crippen molar-refractivity contribution in [1.29, 1.82) is 5.26 Å².